The molecule has 1 aliphatic heterocycles. The average Bonchev–Trinajstić information content (AvgIpc) is 3.27. The highest BCUT2D eigenvalue weighted by molar-refractivity contribution is 5.89. The normalized spacial score (nSPS) is 16.2. The lowest BCUT2D eigenvalue weighted by Gasteiger charge is -2.23. The molecule has 8 heteroatoms. The van der Waals surface area contributed by atoms with Gasteiger partial charge in [-0.15, -0.1) is 0 Å². The van der Waals surface area contributed by atoms with E-state index in [-0.39, 0.29) is 12.1 Å². The molecule has 0 bridgehead atoms. The van der Waals surface area contributed by atoms with Crippen LogP contribution in [0.3, 0.4) is 0 Å². The number of hydrogen-bond acceptors (Lipinski definition) is 4. The predicted molar refractivity (Wildman–Crippen MR) is 92.1 cm³/mol. The van der Waals surface area contributed by atoms with Crippen LogP contribution in [0.15, 0.2) is 49.1 Å². The molecule has 0 saturated heterocycles. The maximum Gasteiger partial charge on any atom is 0.319 e. The van der Waals surface area contributed by atoms with Crippen molar-refractivity contribution >= 4 is 11.7 Å². The number of nitrogens with zero attached hydrogens (tertiary/aromatic N) is 5. The maximum absolute atomic E-state index is 12.2. The number of carbonyl (C=O) groups is 1. The molecule has 0 unspecified atom stereocenters. The van der Waals surface area contributed by atoms with Crippen molar-refractivity contribution in [3.05, 3.63) is 60.4 Å². The van der Waals surface area contributed by atoms with Crippen molar-refractivity contribution in [1.82, 2.24) is 29.9 Å². The van der Waals surface area contributed by atoms with Crippen molar-refractivity contribution in [2.75, 3.05) is 5.32 Å². The molecule has 25 heavy (non-hydrogen) atoms. The molecule has 0 aliphatic carbocycles. The Balaban J connectivity index is 1.30. The summed E-state index contributed by atoms with van der Waals surface area (Å²) in [6, 6.07) is 9.53. The van der Waals surface area contributed by atoms with E-state index >= 15 is 0 Å². The highest BCUT2D eigenvalue weighted by atomic mass is 16.2. The SMILES string of the molecule is O=C(Nc1ccc(Cn2cccn2)cc1)N[C@H]1CCc2ncnn2C1. The number of aryl methyl sites for hydroxylation is 1. The van der Waals surface area contributed by atoms with E-state index in [0.29, 0.717) is 13.1 Å². The van der Waals surface area contributed by atoms with Gasteiger partial charge in [-0.3, -0.25) is 4.68 Å². The summed E-state index contributed by atoms with van der Waals surface area (Å²) in [5.41, 5.74) is 1.89. The summed E-state index contributed by atoms with van der Waals surface area (Å²) < 4.78 is 3.70. The molecule has 2 N–H and O–H groups in total. The second-order valence-electron chi connectivity index (χ2n) is 6.09. The second kappa shape index (κ2) is 6.76. The molecule has 0 radical (unpaired) electrons. The zero-order chi connectivity index (χ0) is 17.1. The minimum atomic E-state index is -0.201. The number of hydrogen-bond donors (Lipinski definition) is 2. The molecule has 128 valence electrons. The molecular weight excluding hydrogens is 318 g/mol. The molecule has 2 amide bonds. The third kappa shape index (κ3) is 3.68. The van der Waals surface area contributed by atoms with Crippen molar-refractivity contribution in [2.45, 2.75) is 32.0 Å². The first kappa shape index (κ1) is 15.4. The molecular formula is C17H19N7O. The quantitative estimate of drug-likeness (QED) is 0.758. The fourth-order valence-electron chi connectivity index (χ4n) is 2.98. The Morgan fingerprint density at radius 1 is 1.24 bits per heavy atom. The number of anilines is 1. The minimum Gasteiger partial charge on any atom is -0.333 e. The number of amides is 2. The molecule has 3 heterocycles. The third-order valence-corrected chi connectivity index (χ3v) is 4.26. The first-order chi connectivity index (χ1) is 12.3. The van der Waals surface area contributed by atoms with Crippen molar-refractivity contribution in [3.8, 4) is 0 Å². The molecule has 0 spiro atoms. The van der Waals surface area contributed by atoms with Crippen LogP contribution in [-0.4, -0.2) is 36.6 Å². The fourth-order valence-corrected chi connectivity index (χ4v) is 2.98. The third-order valence-electron chi connectivity index (χ3n) is 4.26. The van der Waals surface area contributed by atoms with E-state index in [4.69, 9.17) is 0 Å². The van der Waals surface area contributed by atoms with Gasteiger partial charge in [0.25, 0.3) is 0 Å². The lowest BCUT2D eigenvalue weighted by molar-refractivity contribution is 0.243. The summed E-state index contributed by atoms with van der Waals surface area (Å²) in [7, 11) is 0. The van der Waals surface area contributed by atoms with E-state index in [0.717, 1.165) is 29.9 Å². The minimum absolute atomic E-state index is 0.0632. The van der Waals surface area contributed by atoms with Gasteiger partial charge in [0, 0.05) is 24.5 Å². The molecule has 0 saturated carbocycles. The van der Waals surface area contributed by atoms with Gasteiger partial charge in [0.15, 0.2) is 0 Å². The topological polar surface area (TPSA) is 89.7 Å². The molecule has 8 nitrogen and oxygen atoms in total. The van der Waals surface area contributed by atoms with Gasteiger partial charge in [0.2, 0.25) is 0 Å². The fraction of sp³-hybridized carbons (Fsp3) is 0.294. The Labute approximate surface area is 144 Å². The van der Waals surface area contributed by atoms with Gasteiger partial charge in [-0.2, -0.15) is 10.2 Å². The summed E-state index contributed by atoms with van der Waals surface area (Å²) in [5, 5.41) is 14.2. The lowest BCUT2D eigenvalue weighted by Crippen LogP contribution is -2.43. The van der Waals surface area contributed by atoms with Crippen LogP contribution in [0.25, 0.3) is 0 Å². The number of nitrogens with one attached hydrogen (secondary N) is 2. The zero-order valence-electron chi connectivity index (χ0n) is 13.7. The van der Waals surface area contributed by atoms with E-state index in [2.05, 4.69) is 25.8 Å². The number of rotatable bonds is 4. The summed E-state index contributed by atoms with van der Waals surface area (Å²) in [6.07, 6.45) is 6.93. The van der Waals surface area contributed by atoms with Gasteiger partial charge in [-0.1, -0.05) is 12.1 Å². The summed E-state index contributed by atoms with van der Waals surface area (Å²) >= 11 is 0. The van der Waals surface area contributed by atoms with Crippen LogP contribution in [0, 0.1) is 0 Å². The van der Waals surface area contributed by atoms with Crippen LogP contribution < -0.4 is 10.6 Å². The van der Waals surface area contributed by atoms with Gasteiger partial charge >= 0.3 is 6.03 Å². The molecule has 1 aromatic carbocycles. The highest BCUT2D eigenvalue weighted by Crippen LogP contribution is 2.13. The van der Waals surface area contributed by atoms with E-state index in [1.54, 1.807) is 12.5 Å². The van der Waals surface area contributed by atoms with Gasteiger partial charge in [0.05, 0.1) is 19.1 Å². The number of benzene rings is 1. The number of aromatic nitrogens is 5. The molecule has 0 fully saturated rings. The van der Waals surface area contributed by atoms with Gasteiger partial charge in [0.1, 0.15) is 12.2 Å². The van der Waals surface area contributed by atoms with Crippen molar-refractivity contribution in [1.29, 1.82) is 0 Å². The molecule has 2 aromatic heterocycles. The summed E-state index contributed by atoms with van der Waals surface area (Å²) in [6.45, 7) is 1.37. The standard InChI is InChI=1S/C17H19N7O/c25-17(22-15-6-7-16-18-12-20-24(16)11-15)21-14-4-2-13(3-5-14)10-23-9-1-8-19-23/h1-5,8-9,12,15H,6-7,10-11H2,(H2,21,22,25)/t15-/m0/s1. The molecule has 4 rings (SSSR count). The van der Waals surface area contributed by atoms with Crippen LogP contribution in [0.1, 0.15) is 17.8 Å². The zero-order valence-corrected chi connectivity index (χ0v) is 13.7. The van der Waals surface area contributed by atoms with Gasteiger partial charge in [-0.25, -0.2) is 14.5 Å². The Morgan fingerprint density at radius 3 is 2.92 bits per heavy atom. The Bertz CT molecular complexity index is 838. The number of urea groups is 1. The van der Waals surface area contributed by atoms with Crippen LogP contribution in [0.2, 0.25) is 0 Å². The van der Waals surface area contributed by atoms with Gasteiger partial charge in [-0.05, 0) is 30.2 Å². The lowest BCUT2D eigenvalue weighted by atomic mass is 10.1. The van der Waals surface area contributed by atoms with E-state index in [9.17, 15) is 4.79 Å². The molecule has 1 aliphatic rings. The number of carbonyl (C=O) groups excluding carboxylic acids is 1. The predicted octanol–water partition coefficient (Wildman–Crippen LogP) is 1.66. The summed E-state index contributed by atoms with van der Waals surface area (Å²) in [5.74, 6) is 0.978. The largest absolute Gasteiger partial charge is 0.333 e. The Morgan fingerprint density at radius 2 is 2.12 bits per heavy atom. The van der Waals surface area contributed by atoms with Crippen molar-refractivity contribution in [3.63, 3.8) is 0 Å². The Kier molecular flexibility index (Phi) is 4.16. The van der Waals surface area contributed by atoms with E-state index in [1.807, 2.05) is 45.9 Å². The number of fused-ring (bicyclic) bond motifs is 1. The van der Waals surface area contributed by atoms with Crippen molar-refractivity contribution < 1.29 is 4.79 Å². The van der Waals surface area contributed by atoms with E-state index < -0.39 is 0 Å². The smallest absolute Gasteiger partial charge is 0.319 e. The maximum atomic E-state index is 12.2. The summed E-state index contributed by atoms with van der Waals surface area (Å²) in [4.78, 5) is 16.4. The average molecular weight is 337 g/mol. The first-order valence-electron chi connectivity index (χ1n) is 8.27. The van der Waals surface area contributed by atoms with Gasteiger partial charge < -0.3 is 10.6 Å². The van der Waals surface area contributed by atoms with E-state index in [1.165, 1.54) is 0 Å². The highest BCUT2D eigenvalue weighted by Gasteiger charge is 2.21. The molecule has 1 atom stereocenters. The van der Waals surface area contributed by atoms with Crippen LogP contribution in [-0.2, 0) is 19.5 Å². The Hall–Kier alpha value is -3.16. The van der Waals surface area contributed by atoms with Crippen LogP contribution in [0.5, 0.6) is 0 Å². The van der Waals surface area contributed by atoms with Crippen molar-refractivity contribution in [2.24, 2.45) is 0 Å². The van der Waals surface area contributed by atoms with Crippen LogP contribution in [0.4, 0.5) is 10.5 Å². The second-order valence-corrected chi connectivity index (χ2v) is 6.09. The monoisotopic (exact) mass is 337 g/mol. The van der Waals surface area contributed by atoms with Crippen LogP contribution >= 0.6 is 0 Å². The molecule has 3 aromatic rings. The first-order valence-corrected chi connectivity index (χ1v) is 8.27.